The van der Waals surface area contributed by atoms with Gasteiger partial charge in [0.1, 0.15) is 0 Å². The molecule has 0 unspecified atom stereocenters. The lowest BCUT2D eigenvalue weighted by atomic mass is 9.90. The molecule has 0 aliphatic heterocycles. The smallest absolute Gasteiger partial charge is 0.0540 e. The second kappa shape index (κ2) is 17.1. The fraction of sp³-hybridized carbons (Fsp3) is 0. The Morgan fingerprint density at radius 2 is 0.531 bits per heavy atom. The lowest BCUT2D eigenvalue weighted by molar-refractivity contribution is 1.30. The van der Waals surface area contributed by atoms with Crippen molar-refractivity contribution < 1.29 is 0 Å². The topological polar surface area (TPSA) is 6.48 Å². The number of benzene rings is 11. The monoisotopic (exact) mass is 816 g/mol. The fourth-order valence-corrected chi connectivity index (χ4v) is 9.20. The van der Waals surface area contributed by atoms with Crippen LogP contribution in [-0.2, 0) is 0 Å². The van der Waals surface area contributed by atoms with E-state index in [4.69, 9.17) is 0 Å². The second-order valence-corrected chi connectivity index (χ2v) is 16.1. The van der Waals surface area contributed by atoms with Crippen molar-refractivity contribution in [2.45, 2.75) is 0 Å². The van der Waals surface area contributed by atoms with Crippen LogP contribution in [-0.4, -0.2) is 0 Å². The van der Waals surface area contributed by atoms with Gasteiger partial charge in [0.15, 0.2) is 0 Å². The molecular weight excluding hydrogens is 773 g/mol. The molecule has 0 heterocycles. The van der Waals surface area contributed by atoms with Gasteiger partial charge in [-0.1, -0.05) is 206 Å². The van der Waals surface area contributed by atoms with Gasteiger partial charge in [0.2, 0.25) is 0 Å². The Kier molecular flexibility index (Phi) is 10.3. The standard InChI is InChI=1S/C62H44N2/c1-5-19-47(20-6-1)59-43-53(63(51-27-9-3-10-28-51)61-33-17-25-45-23-13-15-31-57(45)61)39-41-55(59)49-35-37-50(38-36-49)56-42-40-54(44-60(56)48-21-7-2-8-22-48)64(52-29-11-4-12-30-52)62-34-18-26-46-24-14-16-32-58(46)62/h1-44H. The molecule has 11 aromatic rings. The quantitative estimate of drug-likeness (QED) is 0.136. The molecule has 0 atom stereocenters. The van der Waals surface area contributed by atoms with Gasteiger partial charge < -0.3 is 9.80 Å². The zero-order valence-electron chi connectivity index (χ0n) is 35.3. The van der Waals surface area contributed by atoms with Crippen molar-refractivity contribution in [2.75, 3.05) is 9.80 Å². The number of hydrogen-bond donors (Lipinski definition) is 0. The van der Waals surface area contributed by atoms with Crippen molar-refractivity contribution in [3.63, 3.8) is 0 Å². The third-order valence-corrected chi connectivity index (χ3v) is 12.2. The molecule has 302 valence electrons. The van der Waals surface area contributed by atoms with Gasteiger partial charge in [0, 0.05) is 33.5 Å². The summed E-state index contributed by atoms with van der Waals surface area (Å²) in [7, 11) is 0. The summed E-state index contributed by atoms with van der Waals surface area (Å²) < 4.78 is 0. The molecule has 0 spiro atoms. The van der Waals surface area contributed by atoms with Crippen LogP contribution in [0, 0.1) is 0 Å². The molecule has 0 saturated carbocycles. The first-order valence-electron chi connectivity index (χ1n) is 21.9. The Balaban J connectivity index is 1.02. The average molecular weight is 817 g/mol. The largest absolute Gasteiger partial charge is 0.310 e. The number of hydrogen-bond acceptors (Lipinski definition) is 2. The van der Waals surface area contributed by atoms with Gasteiger partial charge in [-0.15, -0.1) is 0 Å². The highest BCUT2D eigenvalue weighted by Gasteiger charge is 2.20. The molecule has 0 aliphatic carbocycles. The highest BCUT2D eigenvalue weighted by atomic mass is 15.1. The first-order chi connectivity index (χ1) is 31.8. The van der Waals surface area contributed by atoms with E-state index >= 15 is 0 Å². The van der Waals surface area contributed by atoms with Crippen LogP contribution in [0.3, 0.4) is 0 Å². The predicted octanol–water partition coefficient (Wildman–Crippen LogP) is 17.6. The summed E-state index contributed by atoms with van der Waals surface area (Å²) >= 11 is 0. The van der Waals surface area contributed by atoms with E-state index < -0.39 is 0 Å². The Hall–Kier alpha value is -8.46. The molecule has 2 nitrogen and oxygen atoms in total. The van der Waals surface area contributed by atoms with E-state index in [0.717, 1.165) is 45.3 Å². The van der Waals surface area contributed by atoms with E-state index in [0.29, 0.717) is 0 Å². The molecule has 0 aromatic heterocycles. The molecule has 2 heteroatoms. The lowest BCUT2D eigenvalue weighted by Gasteiger charge is -2.28. The average Bonchev–Trinajstić information content (AvgIpc) is 3.38. The van der Waals surface area contributed by atoms with Gasteiger partial charge in [-0.05, 0) is 116 Å². The third kappa shape index (κ3) is 7.38. The summed E-state index contributed by atoms with van der Waals surface area (Å²) in [6.07, 6.45) is 0. The van der Waals surface area contributed by atoms with Crippen molar-refractivity contribution in [3.05, 3.63) is 267 Å². The van der Waals surface area contributed by atoms with Crippen LogP contribution >= 0.6 is 0 Å². The Morgan fingerprint density at radius 1 is 0.203 bits per heavy atom. The van der Waals surface area contributed by atoms with Crippen LogP contribution in [0.5, 0.6) is 0 Å². The van der Waals surface area contributed by atoms with Crippen LogP contribution in [0.15, 0.2) is 267 Å². The molecule has 0 saturated heterocycles. The molecule has 64 heavy (non-hydrogen) atoms. The van der Waals surface area contributed by atoms with Gasteiger partial charge >= 0.3 is 0 Å². The number of para-hydroxylation sites is 2. The zero-order valence-corrected chi connectivity index (χ0v) is 35.3. The van der Waals surface area contributed by atoms with Crippen molar-refractivity contribution >= 4 is 55.7 Å². The number of anilines is 6. The zero-order chi connectivity index (χ0) is 42.7. The van der Waals surface area contributed by atoms with Gasteiger partial charge in [-0.2, -0.15) is 0 Å². The minimum absolute atomic E-state index is 1.10. The number of rotatable bonds is 10. The summed E-state index contributed by atoms with van der Waals surface area (Å²) in [5, 5.41) is 4.84. The maximum atomic E-state index is 2.38. The third-order valence-electron chi connectivity index (χ3n) is 12.2. The Labute approximate surface area is 375 Å². The molecular formula is C62H44N2. The summed E-state index contributed by atoms with van der Waals surface area (Å²) in [5.41, 5.74) is 16.1. The maximum absolute atomic E-state index is 2.38. The lowest BCUT2D eigenvalue weighted by Crippen LogP contribution is -2.10. The van der Waals surface area contributed by atoms with E-state index in [1.165, 1.54) is 54.9 Å². The van der Waals surface area contributed by atoms with Gasteiger partial charge in [-0.3, -0.25) is 0 Å². The highest BCUT2D eigenvalue weighted by molar-refractivity contribution is 6.01. The summed E-state index contributed by atoms with van der Waals surface area (Å²) in [4.78, 5) is 4.77. The molecule has 0 fully saturated rings. The molecule has 0 amide bonds. The summed E-state index contributed by atoms with van der Waals surface area (Å²) in [6.45, 7) is 0. The highest BCUT2D eigenvalue weighted by Crippen LogP contribution is 2.45. The number of nitrogens with zero attached hydrogens (tertiary/aromatic N) is 2. The van der Waals surface area contributed by atoms with E-state index in [9.17, 15) is 0 Å². The van der Waals surface area contributed by atoms with E-state index in [-0.39, 0.29) is 0 Å². The van der Waals surface area contributed by atoms with E-state index in [1.54, 1.807) is 0 Å². The molecule has 0 N–H and O–H groups in total. The predicted molar refractivity (Wildman–Crippen MR) is 273 cm³/mol. The number of fused-ring (bicyclic) bond motifs is 2. The first-order valence-corrected chi connectivity index (χ1v) is 21.9. The van der Waals surface area contributed by atoms with Crippen molar-refractivity contribution in [1.82, 2.24) is 0 Å². The van der Waals surface area contributed by atoms with Crippen LogP contribution in [0.2, 0.25) is 0 Å². The van der Waals surface area contributed by atoms with Crippen LogP contribution < -0.4 is 9.80 Å². The van der Waals surface area contributed by atoms with E-state index in [2.05, 4.69) is 277 Å². The van der Waals surface area contributed by atoms with Crippen molar-refractivity contribution in [1.29, 1.82) is 0 Å². The summed E-state index contributed by atoms with van der Waals surface area (Å²) in [6, 6.07) is 96.3. The minimum atomic E-state index is 1.10. The van der Waals surface area contributed by atoms with Gasteiger partial charge in [0.25, 0.3) is 0 Å². The second-order valence-electron chi connectivity index (χ2n) is 16.1. The van der Waals surface area contributed by atoms with E-state index in [1.807, 2.05) is 0 Å². The molecule has 0 radical (unpaired) electrons. The first kappa shape index (κ1) is 38.5. The van der Waals surface area contributed by atoms with Crippen LogP contribution in [0.4, 0.5) is 34.1 Å². The fourth-order valence-electron chi connectivity index (χ4n) is 9.20. The molecule has 11 rings (SSSR count). The molecule has 0 aliphatic rings. The van der Waals surface area contributed by atoms with Crippen LogP contribution in [0.1, 0.15) is 0 Å². The summed E-state index contributed by atoms with van der Waals surface area (Å²) in [5.74, 6) is 0. The van der Waals surface area contributed by atoms with Gasteiger partial charge in [-0.25, -0.2) is 0 Å². The maximum Gasteiger partial charge on any atom is 0.0540 e. The van der Waals surface area contributed by atoms with Gasteiger partial charge in [0.05, 0.1) is 11.4 Å². The Morgan fingerprint density at radius 3 is 0.938 bits per heavy atom. The normalized spacial score (nSPS) is 11.1. The molecule has 11 aromatic carbocycles. The van der Waals surface area contributed by atoms with Crippen molar-refractivity contribution in [3.8, 4) is 44.5 Å². The molecule has 0 bridgehead atoms. The minimum Gasteiger partial charge on any atom is -0.310 e. The Bertz CT molecular complexity index is 3120. The van der Waals surface area contributed by atoms with Crippen LogP contribution in [0.25, 0.3) is 66.1 Å². The van der Waals surface area contributed by atoms with Crippen molar-refractivity contribution in [2.24, 2.45) is 0 Å². The SMILES string of the molecule is c1ccc(-c2cc(N(c3ccccc3)c3cccc4ccccc34)ccc2-c2ccc(-c3ccc(N(c4ccccc4)c4cccc5ccccc45)cc3-c3ccccc3)cc2)cc1.